The number of alkyl halides is 1. The summed E-state index contributed by atoms with van der Waals surface area (Å²) >= 11 is 3.18. The third-order valence-electron chi connectivity index (χ3n) is 4.69. The van der Waals surface area contributed by atoms with E-state index in [0.29, 0.717) is 22.0 Å². The fraction of sp³-hybridized carbons (Fsp3) is 0.619. The Morgan fingerprint density at radius 3 is 2.53 bits per heavy atom. The normalized spacial score (nSPS) is 17.7. The first kappa shape index (κ1) is 26.3. The molecule has 1 aromatic rings. The minimum absolute atomic E-state index is 0.0240. The van der Waals surface area contributed by atoms with Crippen LogP contribution in [0.4, 0.5) is 13.6 Å². The zero-order valence-corrected chi connectivity index (χ0v) is 19.2. The second-order valence-electron chi connectivity index (χ2n) is 7.36. The number of hydrogen-bond acceptors (Lipinski definition) is 3. The number of benzene rings is 1. The van der Waals surface area contributed by atoms with Gasteiger partial charge in [0.15, 0.2) is 0 Å². The highest BCUT2D eigenvalue weighted by Gasteiger charge is 2.23. The van der Waals surface area contributed by atoms with Crippen molar-refractivity contribution in [3.05, 3.63) is 34.1 Å². The van der Waals surface area contributed by atoms with Crippen molar-refractivity contribution in [2.75, 3.05) is 26.9 Å². The summed E-state index contributed by atoms with van der Waals surface area (Å²) in [5.74, 6) is 0.243. The highest BCUT2D eigenvalue weighted by molar-refractivity contribution is 9.10. The van der Waals surface area contributed by atoms with Gasteiger partial charge in [-0.15, -0.1) is 0 Å². The summed E-state index contributed by atoms with van der Waals surface area (Å²) < 4.78 is 25.9. The third kappa shape index (κ3) is 10.3. The summed E-state index contributed by atoms with van der Waals surface area (Å²) in [5.41, 5.74) is 0.481. The maximum Gasteiger partial charge on any atom is 0.315 e. The maximum absolute atomic E-state index is 13.4. The first-order chi connectivity index (χ1) is 14.4. The van der Waals surface area contributed by atoms with E-state index in [0.717, 1.165) is 39.5 Å². The Kier molecular flexibility index (Phi) is 12.5. The number of likely N-dealkylation sites (tertiary alicyclic amines) is 1. The van der Waals surface area contributed by atoms with E-state index in [1.807, 2.05) is 0 Å². The van der Waals surface area contributed by atoms with Crippen LogP contribution in [-0.4, -0.2) is 54.9 Å². The van der Waals surface area contributed by atoms with Gasteiger partial charge in [0, 0.05) is 42.8 Å². The van der Waals surface area contributed by atoms with Crippen LogP contribution in [0.1, 0.15) is 44.6 Å². The van der Waals surface area contributed by atoms with Gasteiger partial charge in [-0.2, -0.15) is 0 Å². The topological polar surface area (TPSA) is 81.7 Å². The quantitative estimate of drug-likeness (QED) is 0.586. The number of piperidine rings is 1. The number of aliphatic hydroxyl groups is 1. The van der Waals surface area contributed by atoms with Gasteiger partial charge in [-0.25, -0.2) is 9.18 Å². The summed E-state index contributed by atoms with van der Waals surface area (Å²) in [6.45, 7) is 3.46. The second-order valence-corrected chi connectivity index (χ2v) is 8.28. The number of amides is 3. The van der Waals surface area contributed by atoms with E-state index in [-0.39, 0.29) is 30.7 Å². The van der Waals surface area contributed by atoms with Gasteiger partial charge in [-0.05, 0) is 43.7 Å². The molecule has 1 heterocycles. The molecule has 1 aromatic carbocycles. The number of hydrogen-bond donors (Lipinski definition) is 3. The SMILES string of the molecule is CC1CCCN(C(=O)CCF)C1.CO.O=C(NCc1ccc(Br)cc1F)NC1CC1. The summed E-state index contributed by atoms with van der Waals surface area (Å²) in [4.78, 5) is 24.3. The van der Waals surface area contributed by atoms with E-state index in [9.17, 15) is 18.4 Å². The molecule has 0 spiro atoms. The first-order valence-electron chi connectivity index (χ1n) is 10.2. The van der Waals surface area contributed by atoms with Crippen molar-refractivity contribution >= 4 is 27.9 Å². The van der Waals surface area contributed by atoms with Crippen LogP contribution in [-0.2, 0) is 11.3 Å². The number of carbonyl (C=O) groups excluding carboxylic acids is 2. The van der Waals surface area contributed by atoms with Crippen LogP contribution in [0.15, 0.2) is 22.7 Å². The Bertz CT molecular complexity index is 675. The van der Waals surface area contributed by atoms with Crippen LogP contribution < -0.4 is 10.6 Å². The van der Waals surface area contributed by atoms with Gasteiger partial charge in [-0.1, -0.05) is 28.9 Å². The molecule has 170 valence electrons. The van der Waals surface area contributed by atoms with Gasteiger partial charge in [0.05, 0.1) is 13.1 Å². The van der Waals surface area contributed by atoms with Gasteiger partial charge < -0.3 is 20.6 Å². The molecule has 0 radical (unpaired) electrons. The number of nitrogens with one attached hydrogen (secondary N) is 2. The molecule has 3 rings (SSSR count). The molecule has 2 aliphatic rings. The average molecular weight is 492 g/mol. The summed E-state index contributed by atoms with van der Waals surface area (Å²) in [5, 5.41) is 12.4. The van der Waals surface area contributed by atoms with Crippen molar-refractivity contribution in [1.82, 2.24) is 15.5 Å². The van der Waals surface area contributed by atoms with Gasteiger partial charge in [0.1, 0.15) is 5.82 Å². The van der Waals surface area contributed by atoms with Crippen molar-refractivity contribution in [3.8, 4) is 0 Å². The molecule has 30 heavy (non-hydrogen) atoms. The van der Waals surface area contributed by atoms with Crippen molar-refractivity contribution in [2.24, 2.45) is 5.92 Å². The van der Waals surface area contributed by atoms with Crippen LogP contribution in [0.3, 0.4) is 0 Å². The van der Waals surface area contributed by atoms with E-state index in [1.54, 1.807) is 17.0 Å². The van der Waals surface area contributed by atoms with E-state index in [2.05, 4.69) is 33.5 Å². The van der Waals surface area contributed by atoms with E-state index >= 15 is 0 Å². The number of halogens is 3. The standard InChI is InChI=1S/C11H12BrFN2O.C9H16FNO.CH4O/c12-8-2-1-7(10(13)5-8)6-14-11(16)15-9-3-4-9;1-8-3-2-6-11(7-8)9(12)4-5-10;1-2/h1-2,5,9H,3-4,6H2,(H2,14,15,16);8H,2-7H2,1H3;2H,1H3. The average Bonchev–Trinajstić information content (AvgIpc) is 3.53. The molecule has 0 aromatic heterocycles. The van der Waals surface area contributed by atoms with E-state index in [4.69, 9.17) is 5.11 Å². The predicted molar refractivity (Wildman–Crippen MR) is 116 cm³/mol. The molecule has 1 saturated heterocycles. The number of nitrogens with zero attached hydrogens (tertiary/aromatic N) is 1. The Morgan fingerprint density at radius 1 is 1.27 bits per heavy atom. The molecule has 9 heteroatoms. The Morgan fingerprint density at radius 2 is 1.97 bits per heavy atom. The molecular formula is C21H32BrF2N3O3. The van der Waals surface area contributed by atoms with Crippen LogP contribution >= 0.6 is 15.9 Å². The molecule has 1 saturated carbocycles. The number of rotatable bonds is 5. The Balaban J connectivity index is 0.000000287. The smallest absolute Gasteiger partial charge is 0.315 e. The minimum atomic E-state index is -0.524. The molecule has 2 fully saturated rings. The van der Waals surface area contributed by atoms with Crippen molar-refractivity contribution in [1.29, 1.82) is 0 Å². The Labute approximate surface area is 185 Å². The lowest BCUT2D eigenvalue weighted by molar-refractivity contribution is -0.133. The lowest BCUT2D eigenvalue weighted by atomic mass is 10.0. The monoisotopic (exact) mass is 491 g/mol. The van der Waals surface area contributed by atoms with Gasteiger partial charge in [-0.3, -0.25) is 9.18 Å². The van der Waals surface area contributed by atoms with Crippen molar-refractivity contribution < 1.29 is 23.5 Å². The van der Waals surface area contributed by atoms with Gasteiger partial charge >= 0.3 is 6.03 Å². The third-order valence-corrected chi connectivity index (χ3v) is 5.18. The number of carbonyl (C=O) groups is 2. The molecule has 3 N–H and O–H groups in total. The van der Waals surface area contributed by atoms with Crippen molar-refractivity contribution in [2.45, 2.75) is 51.6 Å². The number of urea groups is 1. The summed E-state index contributed by atoms with van der Waals surface area (Å²) in [7, 11) is 1.00. The van der Waals surface area contributed by atoms with Crippen LogP contribution in [0.25, 0.3) is 0 Å². The van der Waals surface area contributed by atoms with Gasteiger partial charge in [0.2, 0.25) is 5.91 Å². The molecule has 1 aliphatic heterocycles. The van der Waals surface area contributed by atoms with E-state index < -0.39 is 6.67 Å². The van der Waals surface area contributed by atoms with Crippen molar-refractivity contribution in [3.63, 3.8) is 0 Å². The molecule has 1 unspecified atom stereocenters. The molecular weight excluding hydrogens is 460 g/mol. The lowest BCUT2D eigenvalue weighted by Gasteiger charge is -2.30. The largest absolute Gasteiger partial charge is 0.400 e. The fourth-order valence-corrected chi connectivity index (χ4v) is 3.29. The van der Waals surface area contributed by atoms with E-state index in [1.165, 1.54) is 12.5 Å². The highest BCUT2D eigenvalue weighted by Crippen LogP contribution is 2.18. The van der Waals surface area contributed by atoms with Gasteiger partial charge in [0.25, 0.3) is 0 Å². The zero-order valence-electron chi connectivity index (χ0n) is 17.6. The molecule has 0 bridgehead atoms. The maximum atomic E-state index is 13.4. The minimum Gasteiger partial charge on any atom is -0.400 e. The van der Waals surface area contributed by atoms with Crippen LogP contribution in [0, 0.1) is 11.7 Å². The van der Waals surface area contributed by atoms with Crippen LogP contribution in [0.5, 0.6) is 0 Å². The predicted octanol–water partition coefficient (Wildman–Crippen LogP) is 3.76. The second kappa shape index (κ2) is 14.3. The van der Waals surface area contributed by atoms with Crippen LogP contribution in [0.2, 0.25) is 0 Å². The Hall–Kier alpha value is -1.74. The first-order valence-corrected chi connectivity index (χ1v) is 10.9. The summed E-state index contributed by atoms with van der Waals surface area (Å²) in [6, 6.07) is 4.87. The zero-order chi connectivity index (χ0) is 22.5. The molecule has 6 nitrogen and oxygen atoms in total. The molecule has 3 amide bonds. The molecule has 1 atom stereocenters. The fourth-order valence-electron chi connectivity index (χ4n) is 2.96. The summed E-state index contributed by atoms with van der Waals surface area (Å²) in [6.07, 6.45) is 4.41. The highest BCUT2D eigenvalue weighted by atomic mass is 79.9. The molecule has 1 aliphatic carbocycles. The lowest BCUT2D eigenvalue weighted by Crippen LogP contribution is -2.39. The number of aliphatic hydroxyl groups excluding tert-OH is 1.